The predicted octanol–water partition coefficient (Wildman–Crippen LogP) is 5.96. The van der Waals surface area contributed by atoms with Crippen LogP contribution in [0.1, 0.15) is 83.8 Å². The van der Waals surface area contributed by atoms with Crippen LogP contribution >= 0.6 is 0 Å². The molecular formula is C23H32O3. The fraction of sp³-hybridized carbons (Fsp3) is 0.609. The molecule has 3 heteroatoms. The Morgan fingerprint density at radius 2 is 2.08 bits per heavy atom. The number of fused-ring (bicyclic) bond motifs is 3. The number of aryl methyl sites for hydroxylation is 1. The van der Waals surface area contributed by atoms with Crippen LogP contribution in [0.4, 0.5) is 0 Å². The summed E-state index contributed by atoms with van der Waals surface area (Å²) < 4.78 is 12.1. The lowest BCUT2D eigenvalue weighted by Gasteiger charge is -2.44. The van der Waals surface area contributed by atoms with E-state index in [0.29, 0.717) is 11.7 Å². The van der Waals surface area contributed by atoms with E-state index in [1.54, 1.807) is 0 Å². The van der Waals surface area contributed by atoms with E-state index in [-0.39, 0.29) is 17.5 Å². The molecule has 2 aliphatic rings. The lowest BCUT2D eigenvalue weighted by Crippen LogP contribution is -2.40. The van der Waals surface area contributed by atoms with Gasteiger partial charge in [0, 0.05) is 18.4 Å². The number of ether oxygens (including phenoxy) is 2. The lowest BCUT2D eigenvalue weighted by molar-refractivity contribution is -0.131. The van der Waals surface area contributed by atoms with Crippen molar-refractivity contribution in [1.82, 2.24) is 0 Å². The maximum absolute atomic E-state index is 11.7. The van der Waals surface area contributed by atoms with Crippen LogP contribution < -0.4 is 9.47 Å². The summed E-state index contributed by atoms with van der Waals surface area (Å²) >= 11 is 0. The summed E-state index contributed by atoms with van der Waals surface area (Å²) in [4.78, 5) is 11.7. The van der Waals surface area contributed by atoms with E-state index in [2.05, 4.69) is 45.9 Å². The Kier molecular flexibility index (Phi) is 5.45. The average Bonchev–Trinajstić information content (AvgIpc) is 2.53. The van der Waals surface area contributed by atoms with Crippen molar-refractivity contribution in [2.45, 2.75) is 84.7 Å². The van der Waals surface area contributed by atoms with Crippen LogP contribution in [-0.4, -0.2) is 11.6 Å². The molecule has 3 rings (SSSR count). The molecule has 1 aromatic rings. The molecule has 0 fully saturated rings. The molecule has 0 N–H and O–H groups in total. The summed E-state index contributed by atoms with van der Waals surface area (Å²) in [6.07, 6.45) is 9.04. The van der Waals surface area contributed by atoms with Crippen molar-refractivity contribution < 1.29 is 14.3 Å². The molecule has 3 nitrogen and oxygen atoms in total. The van der Waals surface area contributed by atoms with Gasteiger partial charge in [0.2, 0.25) is 0 Å². The Labute approximate surface area is 157 Å². The minimum absolute atomic E-state index is 0.267. The summed E-state index contributed by atoms with van der Waals surface area (Å²) in [5, 5.41) is 0. The number of benzene rings is 1. The predicted molar refractivity (Wildman–Crippen MR) is 105 cm³/mol. The Balaban J connectivity index is 2.07. The van der Waals surface area contributed by atoms with Gasteiger partial charge in [-0.15, -0.1) is 0 Å². The zero-order valence-electron chi connectivity index (χ0n) is 16.9. The molecule has 0 radical (unpaired) electrons. The molecule has 0 saturated carbocycles. The van der Waals surface area contributed by atoms with Gasteiger partial charge < -0.3 is 9.47 Å². The molecule has 1 heterocycles. The second-order valence-electron chi connectivity index (χ2n) is 8.46. The van der Waals surface area contributed by atoms with Gasteiger partial charge in [-0.25, -0.2) is 0 Å². The van der Waals surface area contributed by atoms with E-state index in [9.17, 15) is 4.79 Å². The highest BCUT2D eigenvalue weighted by Gasteiger charge is 2.42. The average molecular weight is 357 g/mol. The first-order valence-electron chi connectivity index (χ1n) is 10.1. The minimum atomic E-state index is -0.312. The molecular weight excluding hydrogens is 324 g/mol. The fourth-order valence-electron chi connectivity index (χ4n) is 4.41. The van der Waals surface area contributed by atoms with Crippen LogP contribution in [0.25, 0.3) is 0 Å². The van der Waals surface area contributed by atoms with Gasteiger partial charge in [-0.2, -0.15) is 0 Å². The molecule has 0 aromatic heterocycles. The zero-order valence-corrected chi connectivity index (χ0v) is 16.9. The largest absolute Gasteiger partial charge is 0.483 e. The summed E-state index contributed by atoms with van der Waals surface area (Å²) in [5.41, 5.74) is 3.28. The van der Waals surface area contributed by atoms with Crippen LogP contribution in [-0.2, 0) is 11.2 Å². The summed E-state index contributed by atoms with van der Waals surface area (Å²) in [6.45, 7) is 10.3. The maximum Gasteiger partial charge on any atom is 0.308 e. The standard InChI is InChI=1S/C23H32O3/c1-6-7-8-9-17-13-20(25-16(3)24)22-18-12-15(2)10-11-19(18)23(4,5)26-21(22)14-17/h11,13-15,18H,6-10,12H2,1-5H3/t15-,18-/m1/s1. The molecule has 142 valence electrons. The second kappa shape index (κ2) is 7.46. The van der Waals surface area contributed by atoms with Gasteiger partial charge in [0.15, 0.2) is 0 Å². The van der Waals surface area contributed by atoms with Gasteiger partial charge in [-0.05, 0) is 68.7 Å². The first-order valence-corrected chi connectivity index (χ1v) is 10.1. The highest BCUT2D eigenvalue weighted by atomic mass is 16.5. The zero-order chi connectivity index (χ0) is 18.9. The Morgan fingerprint density at radius 3 is 2.77 bits per heavy atom. The first kappa shape index (κ1) is 19.0. The molecule has 0 saturated heterocycles. The summed E-state index contributed by atoms with van der Waals surface area (Å²) in [6, 6.07) is 4.24. The number of unbranched alkanes of at least 4 members (excludes halogenated alkanes) is 2. The molecule has 1 aliphatic heterocycles. The number of esters is 1. The Morgan fingerprint density at radius 1 is 1.31 bits per heavy atom. The van der Waals surface area contributed by atoms with Crippen molar-refractivity contribution in [1.29, 1.82) is 0 Å². The van der Waals surface area contributed by atoms with E-state index >= 15 is 0 Å². The third kappa shape index (κ3) is 3.82. The van der Waals surface area contributed by atoms with Gasteiger partial charge in [-0.3, -0.25) is 4.79 Å². The normalized spacial score (nSPS) is 23.3. The highest BCUT2D eigenvalue weighted by Crippen LogP contribution is 2.53. The molecule has 0 amide bonds. The van der Waals surface area contributed by atoms with Gasteiger partial charge in [-0.1, -0.05) is 32.8 Å². The SMILES string of the molecule is CCCCCc1cc(OC(C)=O)c2c(c1)OC(C)(C)C1=CC[C@@H](C)C[C@H]12. The monoisotopic (exact) mass is 356 g/mol. The van der Waals surface area contributed by atoms with Crippen LogP contribution in [0, 0.1) is 5.92 Å². The molecule has 0 bridgehead atoms. The van der Waals surface area contributed by atoms with Crippen molar-refractivity contribution in [3.63, 3.8) is 0 Å². The van der Waals surface area contributed by atoms with E-state index in [1.807, 2.05) is 0 Å². The quantitative estimate of drug-likeness (QED) is 0.283. The van der Waals surface area contributed by atoms with Crippen LogP contribution in [0.3, 0.4) is 0 Å². The van der Waals surface area contributed by atoms with Crippen LogP contribution in [0.5, 0.6) is 11.5 Å². The van der Waals surface area contributed by atoms with Crippen molar-refractivity contribution in [2.75, 3.05) is 0 Å². The van der Waals surface area contributed by atoms with E-state index in [0.717, 1.165) is 37.0 Å². The van der Waals surface area contributed by atoms with Crippen molar-refractivity contribution >= 4 is 5.97 Å². The van der Waals surface area contributed by atoms with Gasteiger partial charge >= 0.3 is 5.97 Å². The third-order valence-corrected chi connectivity index (χ3v) is 5.65. The number of hydrogen-bond donors (Lipinski definition) is 0. The molecule has 2 atom stereocenters. The number of rotatable bonds is 5. The lowest BCUT2D eigenvalue weighted by atomic mass is 9.70. The maximum atomic E-state index is 11.7. The third-order valence-electron chi connectivity index (χ3n) is 5.65. The molecule has 0 spiro atoms. The second-order valence-corrected chi connectivity index (χ2v) is 8.46. The molecule has 26 heavy (non-hydrogen) atoms. The van der Waals surface area contributed by atoms with Gasteiger partial charge in [0.1, 0.15) is 17.1 Å². The van der Waals surface area contributed by atoms with E-state index < -0.39 is 0 Å². The van der Waals surface area contributed by atoms with Crippen molar-refractivity contribution in [3.05, 3.63) is 34.9 Å². The fourth-order valence-corrected chi connectivity index (χ4v) is 4.41. The number of carbonyl (C=O) groups is 1. The summed E-state index contributed by atoms with van der Waals surface area (Å²) in [5.74, 6) is 2.23. The smallest absolute Gasteiger partial charge is 0.308 e. The van der Waals surface area contributed by atoms with E-state index in [1.165, 1.54) is 30.9 Å². The van der Waals surface area contributed by atoms with E-state index in [4.69, 9.17) is 9.47 Å². The highest BCUT2D eigenvalue weighted by molar-refractivity contribution is 5.71. The minimum Gasteiger partial charge on any atom is -0.483 e. The summed E-state index contributed by atoms with van der Waals surface area (Å²) in [7, 11) is 0. The van der Waals surface area contributed by atoms with Crippen LogP contribution in [0.2, 0.25) is 0 Å². The van der Waals surface area contributed by atoms with Crippen LogP contribution in [0.15, 0.2) is 23.8 Å². The van der Waals surface area contributed by atoms with Gasteiger partial charge in [0.05, 0.1) is 0 Å². The van der Waals surface area contributed by atoms with Crippen molar-refractivity contribution in [2.24, 2.45) is 5.92 Å². The number of hydrogen-bond acceptors (Lipinski definition) is 3. The molecule has 1 aliphatic carbocycles. The Bertz CT molecular complexity index is 714. The topological polar surface area (TPSA) is 35.5 Å². The van der Waals surface area contributed by atoms with Crippen molar-refractivity contribution in [3.8, 4) is 11.5 Å². The number of allylic oxidation sites excluding steroid dienone is 1. The molecule has 0 unspecified atom stereocenters. The van der Waals surface area contributed by atoms with Gasteiger partial charge in [0.25, 0.3) is 0 Å². The first-order chi connectivity index (χ1) is 12.3. The Hall–Kier alpha value is -1.77. The molecule has 1 aromatic carbocycles. The number of carbonyl (C=O) groups excluding carboxylic acids is 1.